The van der Waals surface area contributed by atoms with E-state index in [1.807, 2.05) is 32.0 Å². The number of aromatic nitrogens is 1. The number of sulfonamides is 1. The van der Waals surface area contributed by atoms with Gasteiger partial charge in [-0.15, -0.1) is 11.3 Å². The van der Waals surface area contributed by atoms with Crippen LogP contribution in [0.4, 0.5) is 0 Å². The predicted octanol–water partition coefficient (Wildman–Crippen LogP) is 3.35. The molecule has 12 heteroatoms. The predicted molar refractivity (Wildman–Crippen MR) is 147 cm³/mol. The fraction of sp³-hybridized carbons (Fsp3) is 0.346. The first-order chi connectivity index (χ1) is 18.2. The molecule has 0 unspecified atom stereocenters. The fourth-order valence-corrected chi connectivity index (χ4v) is 6.83. The molecule has 1 saturated heterocycles. The van der Waals surface area contributed by atoms with Gasteiger partial charge in [0, 0.05) is 24.8 Å². The summed E-state index contributed by atoms with van der Waals surface area (Å²) >= 11 is 7.04. The van der Waals surface area contributed by atoms with Crippen LogP contribution in [0.5, 0.6) is 0 Å². The van der Waals surface area contributed by atoms with Crippen molar-refractivity contribution in [2.75, 3.05) is 26.3 Å². The monoisotopic (exact) mass is 576 g/mol. The summed E-state index contributed by atoms with van der Waals surface area (Å²) in [5, 5.41) is 2.68. The van der Waals surface area contributed by atoms with Crippen LogP contribution in [-0.2, 0) is 26.0 Å². The number of nitrogens with one attached hydrogen (secondary N) is 2. The molecule has 0 bridgehead atoms. The van der Waals surface area contributed by atoms with Gasteiger partial charge in [0.05, 0.1) is 39.1 Å². The highest BCUT2D eigenvalue weighted by atomic mass is 35.5. The molecule has 1 aliphatic heterocycles. The lowest BCUT2D eigenvalue weighted by atomic mass is 10.0. The number of carbonyl (C=O) groups is 2. The average Bonchev–Trinajstić information content (AvgIpc) is 3.37. The van der Waals surface area contributed by atoms with E-state index in [4.69, 9.17) is 16.3 Å². The zero-order valence-electron chi connectivity index (χ0n) is 21.0. The highest BCUT2D eigenvalue weighted by Gasteiger charge is 2.34. The van der Waals surface area contributed by atoms with Crippen molar-refractivity contribution in [3.05, 3.63) is 69.5 Å². The Morgan fingerprint density at radius 3 is 2.68 bits per heavy atom. The van der Waals surface area contributed by atoms with E-state index in [0.717, 1.165) is 11.3 Å². The van der Waals surface area contributed by atoms with Crippen LogP contribution < -0.4 is 10.0 Å². The van der Waals surface area contributed by atoms with Gasteiger partial charge in [-0.05, 0) is 49.2 Å². The number of thiophene rings is 1. The van der Waals surface area contributed by atoms with E-state index in [2.05, 4.69) is 15.0 Å². The third-order valence-corrected chi connectivity index (χ3v) is 9.01. The van der Waals surface area contributed by atoms with E-state index in [-0.39, 0.29) is 17.5 Å². The molecular formula is C26H29ClN4O5S2. The number of hydrogen-bond donors (Lipinski definition) is 2. The number of pyridine rings is 1. The van der Waals surface area contributed by atoms with Crippen LogP contribution in [0.15, 0.2) is 59.6 Å². The molecule has 1 aromatic carbocycles. The Hall–Kier alpha value is -2.83. The van der Waals surface area contributed by atoms with E-state index in [1.165, 1.54) is 6.07 Å². The van der Waals surface area contributed by atoms with Gasteiger partial charge < -0.3 is 15.0 Å². The first-order valence-electron chi connectivity index (χ1n) is 12.2. The van der Waals surface area contributed by atoms with Crippen molar-refractivity contribution in [2.45, 2.75) is 37.2 Å². The number of rotatable bonds is 9. The number of morpholine rings is 1. The first-order valence-corrected chi connectivity index (χ1v) is 14.9. The van der Waals surface area contributed by atoms with Crippen LogP contribution in [0, 0.1) is 0 Å². The number of amides is 2. The quantitative estimate of drug-likeness (QED) is 0.403. The molecule has 0 saturated carbocycles. The van der Waals surface area contributed by atoms with Gasteiger partial charge in [-0.1, -0.05) is 36.7 Å². The van der Waals surface area contributed by atoms with Gasteiger partial charge in [0.1, 0.15) is 6.04 Å². The van der Waals surface area contributed by atoms with Gasteiger partial charge in [-0.3, -0.25) is 14.6 Å². The molecule has 3 heterocycles. The fourth-order valence-electron chi connectivity index (χ4n) is 4.35. The van der Waals surface area contributed by atoms with E-state index in [9.17, 15) is 18.0 Å². The molecule has 0 aliphatic carbocycles. The highest BCUT2D eigenvalue weighted by molar-refractivity contribution is 7.89. The van der Waals surface area contributed by atoms with Crippen LogP contribution in [0.1, 0.15) is 29.1 Å². The van der Waals surface area contributed by atoms with Gasteiger partial charge >= 0.3 is 0 Å². The molecule has 202 valence electrons. The van der Waals surface area contributed by atoms with Crippen molar-refractivity contribution in [2.24, 2.45) is 0 Å². The van der Waals surface area contributed by atoms with E-state index >= 15 is 0 Å². The summed E-state index contributed by atoms with van der Waals surface area (Å²) in [5.74, 6) is -0.881. The molecule has 4 rings (SSSR count). The number of halogens is 1. The van der Waals surface area contributed by atoms with Crippen molar-refractivity contribution in [3.8, 4) is 11.3 Å². The SMILES string of the molecule is CCc1c(-c2ccccn2)cccc1S(=O)(=O)N[C@@H](CNC(=O)c1ccc(Cl)s1)C(=O)N1CCOC[C@@H]1C. The maximum absolute atomic E-state index is 13.7. The Kier molecular flexibility index (Phi) is 9.16. The summed E-state index contributed by atoms with van der Waals surface area (Å²) in [6.45, 7) is 4.48. The zero-order chi connectivity index (χ0) is 27.3. The molecule has 2 aromatic heterocycles. The number of ether oxygens (including phenoxy) is 1. The largest absolute Gasteiger partial charge is 0.377 e. The van der Waals surface area contributed by atoms with Crippen LogP contribution in [-0.4, -0.2) is 68.5 Å². The van der Waals surface area contributed by atoms with Crippen molar-refractivity contribution >= 4 is 44.8 Å². The molecule has 3 aromatic rings. The Balaban J connectivity index is 1.64. The number of benzene rings is 1. The topological polar surface area (TPSA) is 118 Å². The van der Waals surface area contributed by atoms with Crippen LogP contribution >= 0.6 is 22.9 Å². The maximum atomic E-state index is 13.7. The Bertz CT molecular complexity index is 1400. The first kappa shape index (κ1) is 28.2. The highest BCUT2D eigenvalue weighted by Crippen LogP contribution is 2.28. The van der Waals surface area contributed by atoms with Gasteiger partial charge in [-0.2, -0.15) is 4.72 Å². The molecule has 0 radical (unpaired) electrons. The number of carbonyl (C=O) groups excluding carboxylic acids is 2. The molecule has 2 amide bonds. The van der Waals surface area contributed by atoms with Crippen LogP contribution in [0.25, 0.3) is 11.3 Å². The van der Waals surface area contributed by atoms with Crippen molar-refractivity contribution in [1.29, 1.82) is 0 Å². The summed E-state index contributed by atoms with van der Waals surface area (Å²) in [6, 6.07) is 12.1. The summed E-state index contributed by atoms with van der Waals surface area (Å²) < 4.78 is 35.9. The minimum atomic E-state index is -4.17. The maximum Gasteiger partial charge on any atom is 0.261 e. The lowest BCUT2D eigenvalue weighted by Crippen LogP contribution is -2.58. The Morgan fingerprint density at radius 1 is 1.21 bits per heavy atom. The minimum absolute atomic E-state index is 0.0624. The van der Waals surface area contributed by atoms with Gasteiger partial charge in [0.15, 0.2) is 0 Å². The van der Waals surface area contributed by atoms with Gasteiger partial charge in [0.25, 0.3) is 5.91 Å². The van der Waals surface area contributed by atoms with Crippen molar-refractivity contribution in [1.82, 2.24) is 19.9 Å². The van der Waals surface area contributed by atoms with Crippen molar-refractivity contribution in [3.63, 3.8) is 0 Å². The molecule has 1 aliphatic rings. The normalized spacial score (nSPS) is 16.7. The van der Waals surface area contributed by atoms with Crippen LogP contribution in [0.3, 0.4) is 0 Å². The summed E-state index contributed by atoms with van der Waals surface area (Å²) in [7, 11) is -4.17. The number of hydrogen-bond acceptors (Lipinski definition) is 7. The molecule has 2 N–H and O–H groups in total. The second-order valence-corrected chi connectivity index (χ2v) is 12.2. The van der Waals surface area contributed by atoms with E-state index < -0.39 is 27.9 Å². The third kappa shape index (κ3) is 6.41. The second kappa shape index (κ2) is 12.4. The van der Waals surface area contributed by atoms with Gasteiger partial charge in [-0.25, -0.2) is 8.42 Å². The smallest absolute Gasteiger partial charge is 0.261 e. The molecule has 1 fully saturated rings. The molecule has 0 spiro atoms. The lowest BCUT2D eigenvalue weighted by Gasteiger charge is -2.36. The van der Waals surface area contributed by atoms with E-state index in [1.54, 1.807) is 35.4 Å². The third-order valence-electron chi connectivity index (χ3n) is 6.23. The van der Waals surface area contributed by atoms with Gasteiger partial charge in [0.2, 0.25) is 15.9 Å². The molecular weight excluding hydrogens is 548 g/mol. The summed E-state index contributed by atoms with van der Waals surface area (Å²) in [5.41, 5.74) is 1.93. The zero-order valence-corrected chi connectivity index (χ0v) is 23.4. The average molecular weight is 577 g/mol. The summed E-state index contributed by atoms with van der Waals surface area (Å²) in [6.07, 6.45) is 2.08. The van der Waals surface area contributed by atoms with Crippen molar-refractivity contribution < 1.29 is 22.7 Å². The molecule has 9 nitrogen and oxygen atoms in total. The minimum Gasteiger partial charge on any atom is -0.377 e. The van der Waals surface area contributed by atoms with Crippen LogP contribution in [0.2, 0.25) is 4.34 Å². The number of nitrogens with zero attached hydrogens (tertiary/aromatic N) is 2. The molecule has 2 atom stereocenters. The van der Waals surface area contributed by atoms with E-state index in [0.29, 0.717) is 52.2 Å². The standard InChI is InChI=1S/C26H29ClN4O5S2/c1-3-18-19(20-8-4-5-12-28-20)7-6-9-23(18)38(34,35)30-21(26(33)31-13-14-36-16-17(31)2)15-29-25(32)22-10-11-24(27)37-22/h4-12,17,21,30H,3,13-16H2,1-2H3,(H,29,32)/t17-,21-/m0/s1. The summed E-state index contributed by atoms with van der Waals surface area (Å²) in [4.78, 5) is 32.6. The Labute approximate surface area is 231 Å². The second-order valence-electron chi connectivity index (χ2n) is 8.79. The Morgan fingerprint density at radius 2 is 2.03 bits per heavy atom. The molecule has 38 heavy (non-hydrogen) atoms. The lowest BCUT2D eigenvalue weighted by molar-refractivity contribution is -0.140.